The van der Waals surface area contributed by atoms with E-state index in [9.17, 15) is 14.4 Å². The van der Waals surface area contributed by atoms with E-state index in [0.717, 1.165) is 15.7 Å². The number of amides is 3. The van der Waals surface area contributed by atoms with Crippen LogP contribution in [0.15, 0.2) is 83.3 Å². The molecule has 2 aliphatic rings. The van der Waals surface area contributed by atoms with Crippen molar-refractivity contribution in [2.75, 3.05) is 11.4 Å². The zero-order valence-corrected chi connectivity index (χ0v) is 18.2. The molecule has 6 heteroatoms. The van der Waals surface area contributed by atoms with Crippen LogP contribution in [0.25, 0.3) is 0 Å². The maximum absolute atomic E-state index is 13.1. The van der Waals surface area contributed by atoms with Gasteiger partial charge in [0, 0.05) is 16.7 Å². The van der Waals surface area contributed by atoms with Gasteiger partial charge < -0.3 is 4.90 Å². The molecule has 0 unspecified atom stereocenters. The summed E-state index contributed by atoms with van der Waals surface area (Å²) in [6, 6.07) is 24.3. The Morgan fingerprint density at radius 2 is 1.32 bits per heavy atom. The monoisotopic (exact) mass is 474 g/mol. The van der Waals surface area contributed by atoms with Crippen LogP contribution >= 0.6 is 15.9 Å². The summed E-state index contributed by atoms with van der Waals surface area (Å²) in [5.41, 5.74) is 2.74. The van der Waals surface area contributed by atoms with Crippen LogP contribution in [0.4, 0.5) is 5.69 Å². The van der Waals surface area contributed by atoms with Crippen LogP contribution in [0.3, 0.4) is 0 Å². The number of fused-ring (bicyclic) bond motifs is 1. The molecule has 0 bridgehead atoms. The summed E-state index contributed by atoms with van der Waals surface area (Å²) in [5, 5.41) is 0. The first-order chi connectivity index (χ1) is 15.1. The molecule has 3 aromatic carbocycles. The molecule has 0 N–H and O–H groups in total. The van der Waals surface area contributed by atoms with Crippen molar-refractivity contribution in [2.24, 2.45) is 5.92 Å². The SMILES string of the molecule is O=C1c2ccccc2C(=O)N1CC[C@H]1C(=O)N(c2ccc(Br)cc2)[C@@H]1c1ccccc1. The first-order valence-electron chi connectivity index (χ1n) is 10.1. The fourth-order valence-corrected chi connectivity index (χ4v) is 4.73. The number of rotatable bonds is 5. The van der Waals surface area contributed by atoms with E-state index in [-0.39, 0.29) is 36.2 Å². The van der Waals surface area contributed by atoms with Crippen LogP contribution in [0.2, 0.25) is 0 Å². The van der Waals surface area contributed by atoms with Gasteiger partial charge in [-0.3, -0.25) is 19.3 Å². The Morgan fingerprint density at radius 1 is 0.742 bits per heavy atom. The number of hydrogen-bond acceptors (Lipinski definition) is 3. The highest BCUT2D eigenvalue weighted by molar-refractivity contribution is 9.10. The molecule has 31 heavy (non-hydrogen) atoms. The van der Waals surface area contributed by atoms with Gasteiger partial charge in [-0.25, -0.2) is 0 Å². The van der Waals surface area contributed by atoms with E-state index in [1.54, 1.807) is 29.2 Å². The fraction of sp³-hybridized carbons (Fsp3) is 0.160. The van der Waals surface area contributed by atoms with E-state index in [2.05, 4.69) is 15.9 Å². The molecule has 1 saturated heterocycles. The minimum Gasteiger partial charge on any atom is -0.304 e. The lowest BCUT2D eigenvalue weighted by atomic mass is 9.79. The van der Waals surface area contributed by atoms with Crippen LogP contribution in [-0.2, 0) is 4.79 Å². The van der Waals surface area contributed by atoms with Gasteiger partial charge in [-0.05, 0) is 48.4 Å². The smallest absolute Gasteiger partial charge is 0.261 e. The molecule has 3 amide bonds. The van der Waals surface area contributed by atoms with Gasteiger partial charge in [-0.1, -0.05) is 58.4 Å². The lowest BCUT2D eigenvalue weighted by Gasteiger charge is -2.48. The number of halogens is 1. The highest BCUT2D eigenvalue weighted by Gasteiger charge is 2.49. The molecule has 0 aliphatic carbocycles. The summed E-state index contributed by atoms with van der Waals surface area (Å²) in [5.74, 6) is -0.857. The topological polar surface area (TPSA) is 57.7 Å². The normalized spacial score (nSPS) is 20.1. The van der Waals surface area contributed by atoms with E-state index in [1.807, 2.05) is 54.6 Å². The van der Waals surface area contributed by atoms with Gasteiger partial charge in [0.25, 0.3) is 11.8 Å². The van der Waals surface area contributed by atoms with E-state index in [1.165, 1.54) is 4.90 Å². The van der Waals surface area contributed by atoms with Gasteiger partial charge in [0.1, 0.15) is 0 Å². The molecule has 5 rings (SSSR count). The van der Waals surface area contributed by atoms with Gasteiger partial charge in [0.2, 0.25) is 5.91 Å². The zero-order chi connectivity index (χ0) is 21.5. The fourth-order valence-electron chi connectivity index (χ4n) is 4.46. The van der Waals surface area contributed by atoms with Crippen molar-refractivity contribution in [2.45, 2.75) is 12.5 Å². The molecule has 2 heterocycles. The third kappa shape index (κ3) is 3.27. The molecular weight excluding hydrogens is 456 g/mol. The molecule has 154 valence electrons. The number of imide groups is 1. The van der Waals surface area contributed by atoms with E-state index in [0.29, 0.717) is 17.5 Å². The summed E-state index contributed by atoms with van der Waals surface area (Å²) in [6.45, 7) is 0.222. The number of hydrogen-bond donors (Lipinski definition) is 0. The first-order valence-corrected chi connectivity index (χ1v) is 10.9. The van der Waals surface area contributed by atoms with E-state index < -0.39 is 0 Å². The van der Waals surface area contributed by atoms with Crippen LogP contribution in [0.1, 0.15) is 38.7 Å². The van der Waals surface area contributed by atoms with Gasteiger partial charge in [-0.2, -0.15) is 0 Å². The third-order valence-corrected chi connectivity index (χ3v) is 6.53. The second-order valence-electron chi connectivity index (χ2n) is 7.74. The van der Waals surface area contributed by atoms with Crippen molar-refractivity contribution in [3.05, 3.63) is 100 Å². The molecule has 5 nitrogen and oxygen atoms in total. The number of β-lactam (4-membered cyclic amide) rings is 1. The predicted octanol–water partition coefficient (Wildman–Crippen LogP) is 4.84. The largest absolute Gasteiger partial charge is 0.304 e. The summed E-state index contributed by atoms with van der Waals surface area (Å²) in [6.07, 6.45) is 0.427. The minimum absolute atomic E-state index is 0.00721. The first kappa shape index (κ1) is 19.7. The summed E-state index contributed by atoms with van der Waals surface area (Å²) in [4.78, 5) is 41.6. The Kier molecular flexibility index (Phi) is 4.94. The highest BCUT2D eigenvalue weighted by atomic mass is 79.9. The molecule has 0 spiro atoms. The quantitative estimate of drug-likeness (QED) is 0.392. The average Bonchev–Trinajstić information content (AvgIpc) is 3.04. The standard InChI is InChI=1S/C25H19BrN2O3/c26-17-10-12-18(13-11-17)28-22(16-6-2-1-3-7-16)21(25(28)31)14-15-27-23(29)19-8-4-5-9-20(19)24(27)30/h1-13,21-22H,14-15H2/t21-,22-/m1/s1. The number of nitrogens with zero attached hydrogens (tertiary/aromatic N) is 2. The van der Waals surface area contributed by atoms with Gasteiger partial charge in [0.05, 0.1) is 23.1 Å². The van der Waals surface area contributed by atoms with Crippen LogP contribution < -0.4 is 4.90 Å². The van der Waals surface area contributed by atoms with Crippen molar-refractivity contribution in [1.29, 1.82) is 0 Å². The average molecular weight is 475 g/mol. The van der Waals surface area contributed by atoms with Gasteiger partial charge >= 0.3 is 0 Å². The van der Waals surface area contributed by atoms with Crippen molar-refractivity contribution < 1.29 is 14.4 Å². The Balaban J connectivity index is 1.39. The van der Waals surface area contributed by atoms with Crippen molar-refractivity contribution in [3.63, 3.8) is 0 Å². The Hall–Kier alpha value is -3.25. The lowest BCUT2D eigenvalue weighted by molar-refractivity contribution is -0.130. The molecule has 0 saturated carbocycles. The molecule has 0 aromatic heterocycles. The maximum Gasteiger partial charge on any atom is 0.261 e. The number of carbonyl (C=O) groups excluding carboxylic acids is 3. The Bertz CT molecular complexity index is 1140. The molecule has 1 fully saturated rings. The molecular formula is C25H19BrN2O3. The second kappa shape index (κ2) is 7.78. The number of anilines is 1. The second-order valence-corrected chi connectivity index (χ2v) is 8.66. The molecule has 2 atom stereocenters. The minimum atomic E-state index is -0.296. The summed E-state index contributed by atoms with van der Waals surface area (Å²) < 4.78 is 0.947. The predicted molar refractivity (Wildman–Crippen MR) is 121 cm³/mol. The number of benzene rings is 3. The molecule has 0 radical (unpaired) electrons. The van der Waals surface area contributed by atoms with Crippen molar-refractivity contribution in [1.82, 2.24) is 4.90 Å². The van der Waals surface area contributed by atoms with E-state index >= 15 is 0 Å². The van der Waals surface area contributed by atoms with Gasteiger partial charge in [0.15, 0.2) is 0 Å². The Morgan fingerprint density at radius 3 is 1.94 bits per heavy atom. The van der Waals surface area contributed by atoms with Crippen LogP contribution in [0.5, 0.6) is 0 Å². The van der Waals surface area contributed by atoms with Crippen LogP contribution in [0, 0.1) is 5.92 Å². The van der Waals surface area contributed by atoms with Crippen molar-refractivity contribution >= 4 is 39.3 Å². The molecule has 2 aliphatic heterocycles. The maximum atomic E-state index is 13.1. The van der Waals surface area contributed by atoms with E-state index in [4.69, 9.17) is 0 Å². The van der Waals surface area contributed by atoms with Crippen molar-refractivity contribution in [3.8, 4) is 0 Å². The number of carbonyl (C=O) groups is 3. The summed E-state index contributed by atoms with van der Waals surface area (Å²) >= 11 is 3.43. The zero-order valence-electron chi connectivity index (χ0n) is 16.6. The lowest BCUT2D eigenvalue weighted by Crippen LogP contribution is -2.56. The molecule has 3 aromatic rings. The van der Waals surface area contributed by atoms with Crippen LogP contribution in [-0.4, -0.2) is 29.2 Å². The highest BCUT2D eigenvalue weighted by Crippen LogP contribution is 2.45. The van der Waals surface area contributed by atoms with Gasteiger partial charge in [-0.15, -0.1) is 0 Å². The summed E-state index contributed by atoms with van der Waals surface area (Å²) in [7, 11) is 0. The third-order valence-electron chi connectivity index (χ3n) is 6.00. The Labute approximate surface area is 188 Å².